The summed E-state index contributed by atoms with van der Waals surface area (Å²) in [4.78, 5) is 9.32. The first-order valence-corrected chi connectivity index (χ1v) is 4.53. The van der Waals surface area contributed by atoms with Crippen LogP contribution in [-0.4, -0.2) is 11.3 Å². The van der Waals surface area contributed by atoms with E-state index in [4.69, 9.17) is 11.6 Å². The van der Waals surface area contributed by atoms with Gasteiger partial charge in [0.2, 0.25) is 6.20 Å². The number of nitrogens with zero attached hydrogens (tertiary/aromatic N) is 1. The van der Waals surface area contributed by atoms with E-state index in [9.17, 15) is 23.3 Å². The van der Waals surface area contributed by atoms with Crippen LogP contribution in [0.25, 0.3) is 6.08 Å². The molecular weight excluding hydrogens is 263 g/mol. The lowest BCUT2D eigenvalue weighted by Crippen LogP contribution is -2.17. The van der Waals surface area contributed by atoms with Crippen molar-refractivity contribution in [3.63, 3.8) is 0 Å². The molecule has 0 unspecified atom stereocenters. The van der Waals surface area contributed by atoms with E-state index in [1.807, 2.05) is 0 Å². The molecule has 0 aliphatic heterocycles. The maximum atomic E-state index is 11.9. The van der Waals surface area contributed by atoms with Crippen LogP contribution in [0.1, 0.15) is 5.56 Å². The van der Waals surface area contributed by atoms with E-state index in [1.165, 1.54) is 6.07 Å². The largest absolute Gasteiger partial charge is 0.573 e. The van der Waals surface area contributed by atoms with Crippen molar-refractivity contribution < 1.29 is 22.8 Å². The molecule has 8 heteroatoms. The second-order valence-electron chi connectivity index (χ2n) is 2.84. The third-order valence-electron chi connectivity index (χ3n) is 1.57. The number of benzene rings is 1. The molecule has 92 valence electrons. The first-order valence-electron chi connectivity index (χ1n) is 4.15. The SMILES string of the molecule is O=[N+]([O-])/C=C/c1ccc(OC(F)(F)F)c(Cl)c1. The van der Waals surface area contributed by atoms with Crippen molar-refractivity contribution in [2.75, 3.05) is 0 Å². The lowest BCUT2D eigenvalue weighted by Gasteiger charge is -2.10. The van der Waals surface area contributed by atoms with Crippen LogP contribution in [0.4, 0.5) is 13.2 Å². The zero-order chi connectivity index (χ0) is 13.1. The summed E-state index contributed by atoms with van der Waals surface area (Å²) in [6.07, 6.45) is -3.08. The van der Waals surface area contributed by atoms with E-state index < -0.39 is 17.0 Å². The van der Waals surface area contributed by atoms with Gasteiger partial charge in [0.25, 0.3) is 0 Å². The van der Waals surface area contributed by atoms with E-state index in [0.29, 0.717) is 11.8 Å². The Kier molecular flexibility index (Phi) is 3.95. The van der Waals surface area contributed by atoms with Crippen LogP contribution >= 0.6 is 11.6 Å². The molecule has 0 heterocycles. The lowest BCUT2D eigenvalue weighted by atomic mass is 10.2. The van der Waals surface area contributed by atoms with Crippen LogP contribution < -0.4 is 4.74 Å². The van der Waals surface area contributed by atoms with Gasteiger partial charge < -0.3 is 4.74 Å². The Balaban J connectivity index is 2.90. The molecule has 0 spiro atoms. The average molecular weight is 268 g/mol. The van der Waals surface area contributed by atoms with Crippen LogP contribution in [0.15, 0.2) is 24.4 Å². The van der Waals surface area contributed by atoms with Gasteiger partial charge >= 0.3 is 6.36 Å². The minimum absolute atomic E-state index is 0.284. The molecular formula is C9H5ClF3NO3. The molecule has 0 amide bonds. The van der Waals surface area contributed by atoms with E-state index in [1.54, 1.807) is 0 Å². The monoisotopic (exact) mass is 267 g/mol. The standard InChI is InChI=1S/C9H5ClF3NO3/c10-7-5-6(3-4-14(15)16)1-2-8(7)17-9(11,12)13/h1-5H/b4-3+. The van der Waals surface area contributed by atoms with Crippen molar-refractivity contribution in [2.24, 2.45) is 0 Å². The molecule has 0 N–H and O–H groups in total. The van der Waals surface area contributed by atoms with Crippen molar-refractivity contribution in [3.05, 3.63) is 45.1 Å². The van der Waals surface area contributed by atoms with Crippen molar-refractivity contribution >= 4 is 17.7 Å². The van der Waals surface area contributed by atoms with E-state index in [2.05, 4.69) is 4.74 Å². The Morgan fingerprint density at radius 3 is 2.53 bits per heavy atom. The second-order valence-corrected chi connectivity index (χ2v) is 3.25. The fourth-order valence-electron chi connectivity index (χ4n) is 0.975. The summed E-state index contributed by atoms with van der Waals surface area (Å²) >= 11 is 5.52. The van der Waals surface area contributed by atoms with Crippen molar-refractivity contribution in [3.8, 4) is 5.75 Å². The molecule has 4 nitrogen and oxygen atoms in total. The van der Waals surface area contributed by atoms with Gasteiger partial charge in [0, 0.05) is 6.08 Å². The van der Waals surface area contributed by atoms with Gasteiger partial charge in [0.15, 0.2) is 0 Å². The molecule has 0 saturated carbocycles. The van der Waals surface area contributed by atoms with Gasteiger partial charge in [-0.1, -0.05) is 17.7 Å². The number of rotatable bonds is 3. The van der Waals surface area contributed by atoms with E-state index in [-0.39, 0.29) is 5.02 Å². The molecule has 0 saturated heterocycles. The highest BCUT2D eigenvalue weighted by Gasteiger charge is 2.31. The fourth-order valence-corrected chi connectivity index (χ4v) is 1.20. The van der Waals surface area contributed by atoms with Gasteiger partial charge in [-0.2, -0.15) is 0 Å². The van der Waals surface area contributed by atoms with Crippen molar-refractivity contribution in [1.29, 1.82) is 0 Å². The zero-order valence-corrected chi connectivity index (χ0v) is 8.83. The first-order chi connectivity index (χ1) is 7.78. The number of hydrogen-bond donors (Lipinski definition) is 0. The Morgan fingerprint density at radius 2 is 2.06 bits per heavy atom. The molecule has 0 radical (unpaired) electrons. The highest BCUT2D eigenvalue weighted by molar-refractivity contribution is 6.32. The summed E-state index contributed by atoms with van der Waals surface area (Å²) < 4.78 is 39.3. The number of ether oxygens (including phenoxy) is 1. The van der Waals surface area contributed by atoms with E-state index >= 15 is 0 Å². The van der Waals surface area contributed by atoms with Crippen LogP contribution in [0.3, 0.4) is 0 Å². The Morgan fingerprint density at radius 1 is 1.41 bits per heavy atom. The van der Waals surface area contributed by atoms with Gasteiger partial charge in [0.05, 0.1) is 9.95 Å². The highest BCUT2D eigenvalue weighted by Crippen LogP contribution is 2.30. The van der Waals surface area contributed by atoms with Gasteiger partial charge in [-0.3, -0.25) is 10.1 Å². The number of alkyl halides is 3. The molecule has 0 aliphatic rings. The zero-order valence-electron chi connectivity index (χ0n) is 8.07. The second kappa shape index (κ2) is 5.05. The smallest absolute Gasteiger partial charge is 0.404 e. The Bertz CT molecular complexity index is 459. The predicted molar refractivity (Wildman–Crippen MR) is 54.2 cm³/mol. The molecule has 1 aromatic carbocycles. The Hall–Kier alpha value is -1.76. The molecule has 0 aliphatic carbocycles. The first kappa shape index (κ1) is 13.3. The number of nitro groups is 1. The summed E-state index contributed by atoms with van der Waals surface area (Å²) in [7, 11) is 0. The summed E-state index contributed by atoms with van der Waals surface area (Å²) in [5.41, 5.74) is 0.293. The summed E-state index contributed by atoms with van der Waals surface area (Å²) in [5, 5.41) is 9.74. The Labute approximate surface area is 98.4 Å². The fraction of sp³-hybridized carbons (Fsp3) is 0.111. The van der Waals surface area contributed by atoms with Gasteiger partial charge in [0.1, 0.15) is 5.75 Å². The minimum atomic E-state index is -4.83. The van der Waals surface area contributed by atoms with Gasteiger partial charge in [-0.05, 0) is 17.7 Å². The number of halogens is 4. The summed E-state index contributed by atoms with van der Waals surface area (Å²) in [5.74, 6) is -0.558. The predicted octanol–water partition coefficient (Wildman–Crippen LogP) is 3.49. The molecule has 0 fully saturated rings. The molecule has 1 aromatic rings. The topological polar surface area (TPSA) is 52.4 Å². The average Bonchev–Trinajstić information content (AvgIpc) is 2.17. The molecule has 17 heavy (non-hydrogen) atoms. The molecule has 0 atom stereocenters. The lowest BCUT2D eigenvalue weighted by molar-refractivity contribution is -0.400. The van der Waals surface area contributed by atoms with Crippen LogP contribution in [0.2, 0.25) is 5.02 Å². The highest BCUT2D eigenvalue weighted by atomic mass is 35.5. The third kappa shape index (κ3) is 4.73. The molecule has 0 aromatic heterocycles. The molecule has 0 bridgehead atoms. The molecule has 1 rings (SSSR count). The van der Waals surface area contributed by atoms with Gasteiger partial charge in [-0.15, -0.1) is 13.2 Å². The number of hydrogen-bond acceptors (Lipinski definition) is 3. The minimum Gasteiger partial charge on any atom is -0.404 e. The van der Waals surface area contributed by atoms with Gasteiger partial charge in [-0.25, -0.2) is 0 Å². The van der Waals surface area contributed by atoms with Crippen molar-refractivity contribution in [2.45, 2.75) is 6.36 Å². The third-order valence-corrected chi connectivity index (χ3v) is 1.87. The van der Waals surface area contributed by atoms with Crippen molar-refractivity contribution in [1.82, 2.24) is 0 Å². The maximum absolute atomic E-state index is 11.9. The van der Waals surface area contributed by atoms with Crippen LogP contribution in [0.5, 0.6) is 5.75 Å². The van der Waals surface area contributed by atoms with Crippen LogP contribution in [0, 0.1) is 10.1 Å². The summed E-state index contributed by atoms with van der Waals surface area (Å²) in [6.45, 7) is 0. The van der Waals surface area contributed by atoms with Crippen LogP contribution in [-0.2, 0) is 0 Å². The quantitative estimate of drug-likeness (QED) is 0.622. The maximum Gasteiger partial charge on any atom is 0.573 e. The van der Waals surface area contributed by atoms with E-state index in [0.717, 1.165) is 18.2 Å². The normalized spacial score (nSPS) is 11.8. The summed E-state index contributed by atoms with van der Waals surface area (Å²) in [6, 6.07) is 3.32.